The molecule has 0 bridgehead atoms. The molecule has 0 spiro atoms. The maximum Gasteiger partial charge on any atom is 0.350 e. The summed E-state index contributed by atoms with van der Waals surface area (Å²) in [5, 5.41) is 0.993. The van der Waals surface area contributed by atoms with Crippen LogP contribution >= 0.6 is 0 Å². The van der Waals surface area contributed by atoms with Gasteiger partial charge >= 0.3 is 6.03 Å². The molecule has 1 fully saturated rings. The van der Waals surface area contributed by atoms with Crippen molar-refractivity contribution in [2.24, 2.45) is 11.7 Å². The standard InChI is InChI=1S/C25H29N5O2/c1-15-5-4-6-23(30(27)25(31)29-26)22(15)14-32-24-10-16(2)21(9-17(24)3)20-11-19(12-28-13-20)18-7-8-18/h4-6,9-13,18H,7-8,14,26-27H2,1-3H3,(H,29,31). The Labute approximate surface area is 188 Å². The number of benzene rings is 2. The van der Waals surface area contributed by atoms with Crippen molar-refractivity contribution in [1.29, 1.82) is 0 Å². The van der Waals surface area contributed by atoms with E-state index < -0.39 is 6.03 Å². The number of rotatable bonds is 6. The highest BCUT2D eigenvalue weighted by Gasteiger charge is 2.24. The number of pyridine rings is 1. The lowest BCUT2D eigenvalue weighted by atomic mass is 9.97. The molecule has 32 heavy (non-hydrogen) atoms. The van der Waals surface area contributed by atoms with Crippen molar-refractivity contribution in [2.45, 2.75) is 46.1 Å². The molecular formula is C25H29N5O2. The molecule has 166 valence electrons. The molecule has 1 heterocycles. The summed E-state index contributed by atoms with van der Waals surface area (Å²) in [7, 11) is 0. The zero-order valence-electron chi connectivity index (χ0n) is 18.7. The van der Waals surface area contributed by atoms with Gasteiger partial charge < -0.3 is 4.74 Å². The van der Waals surface area contributed by atoms with Gasteiger partial charge in [-0.05, 0) is 91.6 Å². The summed E-state index contributed by atoms with van der Waals surface area (Å²) in [5.41, 5.74) is 10.1. The summed E-state index contributed by atoms with van der Waals surface area (Å²) >= 11 is 0. The van der Waals surface area contributed by atoms with Crippen LogP contribution in [0.3, 0.4) is 0 Å². The second-order valence-corrected chi connectivity index (χ2v) is 8.39. The second-order valence-electron chi connectivity index (χ2n) is 8.39. The van der Waals surface area contributed by atoms with Crippen LogP contribution < -0.4 is 26.9 Å². The minimum absolute atomic E-state index is 0.270. The van der Waals surface area contributed by atoms with Gasteiger partial charge in [-0.25, -0.2) is 21.5 Å². The highest BCUT2D eigenvalue weighted by molar-refractivity contribution is 5.91. The van der Waals surface area contributed by atoms with Crippen molar-refractivity contribution < 1.29 is 9.53 Å². The monoisotopic (exact) mass is 431 g/mol. The van der Waals surface area contributed by atoms with Gasteiger partial charge in [0.15, 0.2) is 0 Å². The van der Waals surface area contributed by atoms with E-state index in [9.17, 15) is 4.79 Å². The molecule has 0 unspecified atom stereocenters. The highest BCUT2D eigenvalue weighted by atomic mass is 16.5. The molecule has 0 radical (unpaired) electrons. The fraction of sp³-hybridized carbons (Fsp3) is 0.280. The fourth-order valence-electron chi connectivity index (χ4n) is 3.93. The van der Waals surface area contributed by atoms with Crippen molar-refractivity contribution in [3.63, 3.8) is 0 Å². The third-order valence-electron chi connectivity index (χ3n) is 6.00. The Morgan fingerprint density at radius 2 is 1.91 bits per heavy atom. The lowest BCUT2D eigenvalue weighted by molar-refractivity contribution is 0.246. The van der Waals surface area contributed by atoms with Crippen molar-refractivity contribution in [3.05, 3.63) is 76.6 Å². The average Bonchev–Trinajstić information content (AvgIpc) is 3.64. The van der Waals surface area contributed by atoms with Crippen LogP contribution in [0.5, 0.6) is 5.75 Å². The van der Waals surface area contributed by atoms with Gasteiger partial charge in [0.25, 0.3) is 0 Å². The first-order valence-electron chi connectivity index (χ1n) is 10.7. The van der Waals surface area contributed by atoms with Gasteiger partial charge in [0, 0.05) is 23.5 Å². The number of carbonyl (C=O) groups excluding carboxylic acids is 1. The number of aromatic nitrogens is 1. The molecule has 0 atom stereocenters. The van der Waals surface area contributed by atoms with E-state index in [0.717, 1.165) is 44.1 Å². The number of amides is 2. The molecule has 1 aromatic heterocycles. The van der Waals surface area contributed by atoms with Gasteiger partial charge in [0.2, 0.25) is 0 Å². The minimum Gasteiger partial charge on any atom is -0.489 e. The Morgan fingerprint density at radius 3 is 2.62 bits per heavy atom. The zero-order chi connectivity index (χ0) is 22.8. The summed E-state index contributed by atoms with van der Waals surface area (Å²) in [6, 6.07) is 11.4. The van der Waals surface area contributed by atoms with Crippen LogP contribution in [0.1, 0.15) is 46.6 Å². The number of urea groups is 1. The van der Waals surface area contributed by atoms with Crippen molar-refractivity contribution in [3.8, 4) is 16.9 Å². The van der Waals surface area contributed by atoms with Crippen LogP contribution in [0.15, 0.2) is 48.8 Å². The molecule has 7 nitrogen and oxygen atoms in total. The number of nitrogens with two attached hydrogens (primary N) is 2. The second kappa shape index (κ2) is 8.98. The quantitative estimate of drug-likeness (QED) is 0.305. The molecule has 7 heteroatoms. The summed E-state index contributed by atoms with van der Waals surface area (Å²) in [5.74, 6) is 12.6. The van der Waals surface area contributed by atoms with E-state index in [4.69, 9.17) is 16.4 Å². The number of carbonyl (C=O) groups is 1. The predicted octanol–water partition coefficient (Wildman–Crippen LogP) is 4.39. The molecule has 0 aliphatic heterocycles. The maximum absolute atomic E-state index is 11.9. The summed E-state index contributed by atoms with van der Waals surface area (Å²) in [6.07, 6.45) is 6.41. The van der Waals surface area contributed by atoms with E-state index in [2.05, 4.69) is 35.5 Å². The topological polar surface area (TPSA) is 106 Å². The van der Waals surface area contributed by atoms with Gasteiger partial charge in [0.1, 0.15) is 12.4 Å². The number of anilines is 1. The average molecular weight is 432 g/mol. The van der Waals surface area contributed by atoms with Gasteiger partial charge in [-0.3, -0.25) is 10.4 Å². The number of hydrazine groups is 2. The van der Waals surface area contributed by atoms with Crippen molar-refractivity contribution in [2.75, 3.05) is 5.01 Å². The number of hydrogen-bond donors (Lipinski definition) is 3. The molecule has 0 saturated heterocycles. The summed E-state index contributed by atoms with van der Waals surface area (Å²) in [6.45, 7) is 6.34. The summed E-state index contributed by atoms with van der Waals surface area (Å²) < 4.78 is 6.19. The van der Waals surface area contributed by atoms with Crippen LogP contribution in [0.2, 0.25) is 0 Å². The van der Waals surface area contributed by atoms with Gasteiger partial charge in [0.05, 0.1) is 5.69 Å². The Morgan fingerprint density at radius 1 is 1.12 bits per heavy atom. The van der Waals surface area contributed by atoms with Gasteiger partial charge in [-0.15, -0.1) is 0 Å². The third-order valence-corrected chi connectivity index (χ3v) is 6.00. The molecule has 4 rings (SSSR count). The normalized spacial score (nSPS) is 13.0. The fourth-order valence-corrected chi connectivity index (χ4v) is 3.93. The number of ether oxygens (including phenoxy) is 1. The molecule has 2 amide bonds. The zero-order valence-corrected chi connectivity index (χ0v) is 18.7. The Balaban J connectivity index is 1.58. The Hall–Kier alpha value is -3.42. The maximum atomic E-state index is 11.9. The van der Waals surface area contributed by atoms with Crippen LogP contribution in [-0.2, 0) is 6.61 Å². The molecule has 5 N–H and O–H groups in total. The molecule has 1 aliphatic rings. The predicted molar refractivity (Wildman–Crippen MR) is 126 cm³/mol. The van der Waals surface area contributed by atoms with E-state index in [-0.39, 0.29) is 6.61 Å². The number of nitrogens with one attached hydrogen (secondary N) is 1. The summed E-state index contributed by atoms with van der Waals surface area (Å²) in [4.78, 5) is 16.4. The van der Waals surface area contributed by atoms with Gasteiger partial charge in [-0.1, -0.05) is 12.1 Å². The van der Waals surface area contributed by atoms with Crippen LogP contribution in [0.25, 0.3) is 11.1 Å². The Bertz CT molecular complexity index is 1160. The van der Waals surface area contributed by atoms with Crippen LogP contribution in [0.4, 0.5) is 10.5 Å². The minimum atomic E-state index is -0.602. The van der Waals surface area contributed by atoms with E-state index in [1.54, 1.807) is 6.07 Å². The van der Waals surface area contributed by atoms with E-state index in [1.807, 2.05) is 38.4 Å². The largest absolute Gasteiger partial charge is 0.489 e. The molecular weight excluding hydrogens is 402 g/mol. The molecule has 2 aromatic carbocycles. The first-order chi connectivity index (χ1) is 15.4. The van der Waals surface area contributed by atoms with Crippen molar-refractivity contribution in [1.82, 2.24) is 10.4 Å². The molecule has 1 aliphatic carbocycles. The van der Waals surface area contributed by atoms with Crippen LogP contribution in [-0.4, -0.2) is 11.0 Å². The first kappa shape index (κ1) is 21.8. The molecule has 3 aromatic rings. The Kier molecular flexibility index (Phi) is 6.12. The van der Waals surface area contributed by atoms with E-state index >= 15 is 0 Å². The highest BCUT2D eigenvalue weighted by Crippen LogP contribution is 2.41. The van der Waals surface area contributed by atoms with Crippen LogP contribution in [0, 0.1) is 20.8 Å². The van der Waals surface area contributed by atoms with Gasteiger partial charge in [-0.2, -0.15) is 0 Å². The van der Waals surface area contributed by atoms with Crippen molar-refractivity contribution >= 4 is 11.7 Å². The number of nitrogens with zero attached hydrogens (tertiary/aromatic N) is 2. The number of aryl methyl sites for hydroxylation is 3. The third kappa shape index (κ3) is 4.44. The molecule has 1 saturated carbocycles. The SMILES string of the molecule is Cc1cc(-c2cncc(C3CC3)c2)c(C)cc1OCc1c(C)cccc1N(N)C(=O)NN. The smallest absolute Gasteiger partial charge is 0.350 e. The number of hydrogen-bond acceptors (Lipinski definition) is 5. The lowest BCUT2D eigenvalue weighted by Crippen LogP contribution is -2.48. The van der Waals surface area contributed by atoms with E-state index in [1.165, 1.54) is 18.4 Å². The van der Waals surface area contributed by atoms with E-state index in [0.29, 0.717) is 11.6 Å². The first-order valence-corrected chi connectivity index (χ1v) is 10.7. The lowest BCUT2D eigenvalue weighted by Gasteiger charge is -2.21.